The van der Waals surface area contributed by atoms with Crippen molar-refractivity contribution in [2.75, 3.05) is 0 Å². The Kier molecular flexibility index (Phi) is 2.48. The summed E-state index contributed by atoms with van der Waals surface area (Å²) in [6, 6.07) is 2.91. The van der Waals surface area contributed by atoms with Gasteiger partial charge in [-0.05, 0) is 33.6 Å². The minimum atomic E-state index is -0.938. The highest BCUT2D eigenvalue weighted by atomic mass is 79.9. The summed E-state index contributed by atoms with van der Waals surface area (Å²) in [6.45, 7) is 0. The van der Waals surface area contributed by atoms with Crippen LogP contribution in [0.1, 0.15) is 5.56 Å². The Bertz CT molecular complexity index is 535. The van der Waals surface area contributed by atoms with Gasteiger partial charge in [-0.2, -0.15) is 0 Å². The van der Waals surface area contributed by atoms with Crippen LogP contribution in [0.2, 0.25) is 0 Å². The predicted molar refractivity (Wildman–Crippen MR) is 57.3 cm³/mol. The first-order chi connectivity index (χ1) is 7.09. The van der Waals surface area contributed by atoms with Crippen LogP contribution >= 0.6 is 15.9 Å². The van der Waals surface area contributed by atoms with E-state index in [-0.39, 0.29) is 6.42 Å². The summed E-state index contributed by atoms with van der Waals surface area (Å²) in [5, 5.41) is 9.28. The molecule has 3 nitrogen and oxygen atoms in total. The summed E-state index contributed by atoms with van der Waals surface area (Å²) in [5.41, 5.74) is 1.29. The Hall–Kier alpha value is -1.36. The van der Waals surface area contributed by atoms with Gasteiger partial charge in [-0.15, -0.1) is 0 Å². The number of fused-ring (bicyclic) bond motifs is 1. The lowest BCUT2D eigenvalue weighted by atomic mass is 10.1. The molecule has 0 fully saturated rings. The van der Waals surface area contributed by atoms with Gasteiger partial charge in [-0.1, -0.05) is 0 Å². The first kappa shape index (κ1) is 10.2. The average molecular weight is 272 g/mol. The number of carbonyl (C=O) groups is 1. The molecule has 2 rings (SSSR count). The molecule has 0 saturated carbocycles. The molecular weight excluding hydrogens is 265 g/mol. The molecule has 2 N–H and O–H groups in total. The number of carboxylic acid groups (broad SMARTS) is 1. The van der Waals surface area contributed by atoms with Gasteiger partial charge in [-0.25, -0.2) is 4.39 Å². The second-order valence-electron chi connectivity index (χ2n) is 3.17. The highest BCUT2D eigenvalue weighted by Crippen LogP contribution is 2.29. The lowest BCUT2D eigenvalue weighted by Gasteiger charge is -1.99. The first-order valence-corrected chi connectivity index (χ1v) is 5.04. The molecule has 0 atom stereocenters. The Morgan fingerprint density at radius 3 is 2.93 bits per heavy atom. The Morgan fingerprint density at radius 1 is 1.53 bits per heavy atom. The van der Waals surface area contributed by atoms with Gasteiger partial charge in [0.1, 0.15) is 5.82 Å². The van der Waals surface area contributed by atoms with Crippen molar-refractivity contribution in [3.8, 4) is 0 Å². The van der Waals surface area contributed by atoms with Gasteiger partial charge in [0.25, 0.3) is 0 Å². The summed E-state index contributed by atoms with van der Waals surface area (Å²) in [5.74, 6) is -1.33. The topological polar surface area (TPSA) is 53.1 Å². The number of nitrogens with one attached hydrogen (secondary N) is 1. The summed E-state index contributed by atoms with van der Waals surface area (Å²) in [7, 11) is 0. The summed E-state index contributed by atoms with van der Waals surface area (Å²) < 4.78 is 13.5. The maximum atomic E-state index is 13.2. The third-order valence-electron chi connectivity index (χ3n) is 2.16. The van der Waals surface area contributed by atoms with Crippen molar-refractivity contribution in [1.82, 2.24) is 4.98 Å². The smallest absolute Gasteiger partial charge is 0.307 e. The van der Waals surface area contributed by atoms with Crippen LogP contribution < -0.4 is 0 Å². The number of hydrogen-bond acceptors (Lipinski definition) is 1. The Balaban J connectivity index is 2.66. The van der Waals surface area contributed by atoms with E-state index in [0.717, 1.165) is 5.52 Å². The molecule has 5 heteroatoms. The molecule has 0 unspecified atom stereocenters. The van der Waals surface area contributed by atoms with Crippen molar-refractivity contribution in [3.63, 3.8) is 0 Å². The molecule has 1 aromatic carbocycles. The zero-order chi connectivity index (χ0) is 11.0. The van der Waals surface area contributed by atoms with Crippen molar-refractivity contribution in [2.24, 2.45) is 0 Å². The molecule has 0 amide bonds. The number of H-pyrrole nitrogens is 1. The minimum Gasteiger partial charge on any atom is -0.481 e. The third kappa shape index (κ3) is 1.74. The zero-order valence-corrected chi connectivity index (χ0v) is 9.14. The van der Waals surface area contributed by atoms with Crippen LogP contribution in [-0.4, -0.2) is 16.1 Å². The van der Waals surface area contributed by atoms with Gasteiger partial charge in [0.2, 0.25) is 0 Å². The second kappa shape index (κ2) is 3.66. The van der Waals surface area contributed by atoms with Gasteiger partial charge < -0.3 is 10.1 Å². The molecule has 1 heterocycles. The maximum Gasteiger partial charge on any atom is 0.307 e. The van der Waals surface area contributed by atoms with E-state index >= 15 is 0 Å². The van der Waals surface area contributed by atoms with Gasteiger partial charge in [-0.3, -0.25) is 4.79 Å². The van der Waals surface area contributed by atoms with Crippen LogP contribution in [0, 0.1) is 5.82 Å². The van der Waals surface area contributed by atoms with Crippen molar-refractivity contribution < 1.29 is 14.3 Å². The van der Waals surface area contributed by atoms with Gasteiger partial charge in [0.05, 0.1) is 10.9 Å². The van der Waals surface area contributed by atoms with Crippen molar-refractivity contribution >= 4 is 32.8 Å². The molecule has 0 bridgehead atoms. The molecule has 0 radical (unpaired) electrons. The maximum absolute atomic E-state index is 13.2. The molecule has 0 aliphatic heterocycles. The fraction of sp³-hybridized carbons (Fsp3) is 0.100. The van der Waals surface area contributed by atoms with Gasteiger partial charge in [0, 0.05) is 17.1 Å². The van der Waals surface area contributed by atoms with Crippen LogP contribution in [0.4, 0.5) is 4.39 Å². The second-order valence-corrected chi connectivity index (χ2v) is 3.96. The zero-order valence-electron chi connectivity index (χ0n) is 7.55. The molecule has 0 aliphatic rings. The standard InChI is InChI=1S/C10H7BrFNO2/c11-10-6(12)1-2-7-9(10)5(4-13-7)3-8(14)15/h1-2,4,13H,3H2,(H,14,15). The number of halogens is 2. The number of rotatable bonds is 2. The SMILES string of the molecule is O=C(O)Cc1c[nH]c2ccc(F)c(Br)c12. The van der Waals surface area contributed by atoms with E-state index in [4.69, 9.17) is 5.11 Å². The number of aromatic amines is 1. The van der Waals surface area contributed by atoms with Crippen molar-refractivity contribution in [3.05, 3.63) is 34.2 Å². The fourth-order valence-corrected chi connectivity index (χ4v) is 2.12. The largest absolute Gasteiger partial charge is 0.481 e. The van der Waals surface area contributed by atoms with Crippen LogP contribution in [-0.2, 0) is 11.2 Å². The first-order valence-electron chi connectivity index (χ1n) is 4.25. The number of carboxylic acids is 1. The van der Waals surface area contributed by atoms with Crippen LogP contribution in [0.25, 0.3) is 10.9 Å². The van der Waals surface area contributed by atoms with Gasteiger partial charge >= 0.3 is 5.97 Å². The number of aromatic nitrogens is 1. The average Bonchev–Trinajstić information content (AvgIpc) is 2.55. The van der Waals surface area contributed by atoms with E-state index in [0.29, 0.717) is 15.4 Å². The Morgan fingerprint density at radius 2 is 2.27 bits per heavy atom. The summed E-state index contributed by atoms with van der Waals surface area (Å²) >= 11 is 3.11. The van der Waals surface area contributed by atoms with Crippen molar-refractivity contribution in [1.29, 1.82) is 0 Å². The number of hydrogen-bond donors (Lipinski definition) is 2. The monoisotopic (exact) mass is 271 g/mol. The van der Waals surface area contributed by atoms with E-state index in [1.165, 1.54) is 6.07 Å². The number of aliphatic carboxylic acids is 1. The van der Waals surface area contributed by atoms with E-state index in [9.17, 15) is 9.18 Å². The predicted octanol–water partition coefficient (Wildman–Crippen LogP) is 2.70. The highest BCUT2D eigenvalue weighted by molar-refractivity contribution is 9.10. The quantitative estimate of drug-likeness (QED) is 0.883. The molecule has 1 aromatic heterocycles. The van der Waals surface area contributed by atoms with Crippen LogP contribution in [0.15, 0.2) is 22.8 Å². The lowest BCUT2D eigenvalue weighted by molar-refractivity contribution is -0.136. The normalized spacial score (nSPS) is 10.8. The molecule has 0 spiro atoms. The third-order valence-corrected chi connectivity index (χ3v) is 2.93. The minimum absolute atomic E-state index is 0.123. The molecule has 0 aliphatic carbocycles. The molecular formula is C10H7BrFNO2. The molecule has 15 heavy (non-hydrogen) atoms. The van der Waals surface area contributed by atoms with E-state index in [1.54, 1.807) is 12.3 Å². The summed E-state index contributed by atoms with van der Waals surface area (Å²) in [4.78, 5) is 13.5. The molecule has 2 aromatic rings. The fourth-order valence-electron chi connectivity index (χ4n) is 1.52. The lowest BCUT2D eigenvalue weighted by Crippen LogP contribution is -1.99. The molecule has 0 saturated heterocycles. The van der Waals surface area contributed by atoms with Crippen LogP contribution in [0.5, 0.6) is 0 Å². The van der Waals surface area contributed by atoms with Crippen LogP contribution in [0.3, 0.4) is 0 Å². The molecule has 78 valence electrons. The number of benzene rings is 1. The Labute approximate surface area is 93.0 Å². The van der Waals surface area contributed by atoms with Crippen molar-refractivity contribution in [2.45, 2.75) is 6.42 Å². The van der Waals surface area contributed by atoms with E-state index < -0.39 is 11.8 Å². The van der Waals surface area contributed by atoms with Gasteiger partial charge in [0.15, 0.2) is 0 Å². The van der Waals surface area contributed by atoms with E-state index in [2.05, 4.69) is 20.9 Å². The van der Waals surface area contributed by atoms with E-state index in [1.807, 2.05) is 0 Å². The highest BCUT2D eigenvalue weighted by Gasteiger charge is 2.12. The summed E-state index contributed by atoms with van der Waals surface area (Å²) in [6.07, 6.45) is 1.46.